The number of nitrogens with zero attached hydrogens (tertiary/aromatic N) is 1. The van der Waals surface area contributed by atoms with Crippen LogP contribution in [-0.2, 0) is 6.42 Å². The van der Waals surface area contributed by atoms with Gasteiger partial charge in [-0.05, 0) is 38.6 Å². The van der Waals surface area contributed by atoms with Gasteiger partial charge in [0.25, 0.3) is 0 Å². The molecule has 0 saturated heterocycles. The van der Waals surface area contributed by atoms with Gasteiger partial charge in [-0.3, -0.25) is 4.98 Å². The van der Waals surface area contributed by atoms with Gasteiger partial charge in [-0.2, -0.15) is 0 Å². The fourth-order valence-corrected chi connectivity index (χ4v) is 2.33. The Bertz CT molecular complexity index is 549. The Kier molecular flexibility index (Phi) is 4.79. The highest BCUT2D eigenvalue weighted by atomic mass is 16.5. The van der Waals surface area contributed by atoms with Gasteiger partial charge < -0.3 is 14.5 Å². The fraction of sp³-hybridized carbons (Fsp3) is 0.438. The van der Waals surface area contributed by atoms with Crippen LogP contribution < -0.4 is 10.1 Å². The molecule has 0 spiro atoms. The van der Waals surface area contributed by atoms with E-state index in [4.69, 9.17) is 9.15 Å². The van der Waals surface area contributed by atoms with E-state index in [1.807, 2.05) is 39.2 Å². The molecule has 0 aromatic carbocycles. The molecule has 2 rings (SSSR count). The molecule has 2 aromatic rings. The standard InChI is InChI=1S/C16H22N2O2/c1-5-15-14(6-7-19-15)16(17-4)12-8-13(10-18-9-12)20-11(2)3/h6-11,16-17H,5H2,1-4H3. The molecular weight excluding hydrogens is 252 g/mol. The Morgan fingerprint density at radius 1 is 1.35 bits per heavy atom. The zero-order chi connectivity index (χ0) is 14.5. The van der Waals surface area contributed by atoms with Crippen molar-refractivity contribution in [2.75, 3.05) is 7.05 Å². The van der Waals surface area contributed by atoms with E-state index in [1.54, 1.807) is 12.5 Å². The number of rotatable bonds is 6. The van der Waals surface area contributed by atoms with E-state index < -0.39 is 0 Å². The van der Waals surface area contributed by atoms with Gasteiger partial charge in [-0.1, -0.05) is 6.92 Å². The summed E-state index contributed by atoms with van der Waals surface area (Å²) in [6, 6.07) is 4.10. The van der Waals surface area contributed by atoms with Crippen LogP contribution >= 0.6 is 0 Å². The van der Waals surface area contributed by atoms with E-state index in [-0.39, 0.29) is 12.1 Å². The molecule has 0 aliphatic rings. The Hall–Kier alpha value is -1.81. The van der Waals surface area contributed by atoms with Crippen LogP contribution in [0.4, 0.5) is 0 Å². The van der Waals surface area contributed by atoms with E-state index >= 15 is 0 Å². The molecule has 4 heteroatoms. The molecule has 0 aliphatic heterocycles. The molecule has 108 valence electrons. The van der Waals surface area contributed by atoms with Gasteiger partial charge in [0.15, 0.2) is 0 Å². The average Bonchev–Trinajstić information content (AvgIpc) is 2.87. The van der Waals surface area contributed by atoms with Crippen molar-refractivity contribution in [2.45, 2.75) is 39.3 Å². The van der Waals surface area contributed by atoms with Gasteiger partial charge in [0, 0.05) is 18.2 Å². The molecule has 0 saturated carbocycles. The van der Waals surface area contributed by atoms with Crippen molar-refractivity contribution in [3.63, 3.8) is 0 Å². The highest BCUT2D eigenvalue weighted by molar-refractivity contribution is 5.35. The first kappa shape index (κ1) is 14.6. The minimum Gasteiger partial charge on any atom is -0.489 e. The molecule has 1 unspecified atom stereocenters. The van der Waals surface area contributed by atoms with Gasteiger partial charge in [-0.15, -0.1) is 0 Å². The monoisotopic (exact) mass is 274 g/mol. The third-order valence-corrected chi connectivity index (χ3v) is 3.14. The Morgan fingerprint density at radius 2 is 2.15 bits per heavy atom. The van der Waals surface area contributed by atoms with Crippen molar-refractivity contribution in [3.05, 3.63) is 47.7 Å². The SMILES string of the molecule is CCc1occc1C(NC)c1cncc(OC(C)C)c1. The van der Waals surface area contributed by atoms with E-state index in [0.717, 1.165) is 29.1 Å². The summed E-state index contributed by atoms with van der Waals surface area (Å²) in [4.78, 5) is 4.28. The maximum absolute atomic E-state index is 5.71. The summed E-state index contributed by atoms with van der Waals surface area (Å²) in [5.74, 6) is 1.79. The minimum absolute atomic E-state index is 0.0620. The van der Waals surface area contributed by atoms with Crippen molar-refractivity contribution in [1.29, 1.82) is 0 Å². The van der Waals surface area contributed by atoms with E-state index in [0.29, 0.717) is 0 Å². The minimum atomic E-state index is 0.0620. The fourth-order valence-electron chi connectivity index (χ4n) is 2.33. The lowest BCUT2D eigenvalue weighted by molar-refractivity contribution is 0.241. The normalized spacial score (nSPS) is 12.7. The number of aromatic nitrogens is 1. The quantitative estimate of drug-likeness (QED) is 0.877. The number of hydrogen-bond donors (Lipinski definition) is 1. The van der Waals surface area contributed by atoms with Crippen LogP contribution in [0.25, 0.3) is 0 Å². The van der Waals surface area contributed by atoms with Gasteiger partial charge in [0.05, 0.1) is 24.6 Å². The Morgan fingerprint density at radius 3 is 2.80 bits per heavy atom. The highest BCUT2D eigenvalue weighted by Crippen LogP contribution is 2.27. The topological polar surface area (TPSA) is 47.3 Å². The Balaban J connectivity index is 2.32. The summed E-state index contributed by atoms with van der Waals surface area (Å²) in [5.41, 5.74) is 2.22. The number of nitrogens with one attached hydrogen (secondary N) is 1. The zero-order valence-corrected chi connectivity index (χ0v) is 12.5. The smallest absolute Gasteiger partial charge is 0.138 e. The predicted molar refractivity (Wildman–Crippen MR) is 79.0 cm³/mol. The van der Waals surface area contributed by atoms with E-state index in [9.17, 15) is 0 Å². The molecule has 0 aliphatic carbocycles. The van der Waals surface area contributed by atoms with Crippen molar-refractivity contribution in [3.8, 4) is 5.75 Å². The van der Waals surface area contributed by atoms with Crippen molar-refractivity contribution in [1.82, 2.24) is 10.3 Å². The average molecular weight is 274 g/mol. The number of furan rings is 1. The second-order valence-corrected chi connectivity index (χ2v) is 4.99. The molecule has 4 nitrogen and oxygen atoms in total. The number of ether oxygens (including phenoxy) is 1. The van der Waals surface area contributed by atoms with Crippen LogP contribution in [0.5, 0.6) is 5.75 Å². The second-order valence-electron chi connectivity index (χ2n) is 4.99. The van der Waals surface area contributed by atoms with Crippen LogP contribution in [0.1, 0.15) is 43.7 Å². The van der Waals surface area contributed by atoms with Gasteiger partial charge >= 0.3 is 0 Å². The highest BCUT2D eigenvalue weighted by Gasteiger charge is 2.18. The second kappa shape index (κ2) is 6.57. The molecule has 2 aromatic heterocycles. The third kappa shape index (κ3) is 3.20. The maximum atomic E-state index is 5.71. The third-order valence-electron chi connectivity index (χ3n) is 3.14. The first-order valence-electron chi connectivity index (χ1n) is 7.00. The van der Waals surface area contributed by atoms with Crippen molar-refractivity contribution < 1.29 is 9.15 Å². The molecule has 0 amide bonds. The first-order chi connectivity index (χ1) is 9.65. The molecule has 0 bridgehead atoms. The number of aryl methyl sites for hydroxylation is 1. The lowest BCUT2D eigenvalue weighted by atomic mass is 10.00. The lowest BCUT2D eigenvalue weighted by Crippen LogP contribution is -2.18. The summed E-state index contributed by atoms with van der Waals surface area (Å²) in [6.45, 7) is 6.10. The summed E-state index contributed by atoms with van der Waals surface area (Å²) in [7, 11) is 1.94. The van der Waals surface area contributed by atoms with E-state index in [2.05, 4.69) is 17.2 Å². The predicted octanol–water partition coefficient (Wildman–Crippen LogP) is 3.33. The van der Waals surface area contributed by atoms with Crippen LogP contribution in [-0.4, -0.2) is 18.1 Å². The van der Waals surface area contributed by atoms with Crippen LogP contribution in [0.15, 0.2) is 35.2 Å². The van der Waals surface area contributed by atoms with Gasteiger partial charge in [0.2, 0.25) is 0 Å². The zero-order valence-electron chi connectivity index (χ0n) is 12.5. The Labute approximate surface area is 120 Å². The number of hydrogen-bond acceptors (Lipinski definition) is 4. The molecule has 20 heavy (non-hydrogen) atoms. The van der Waals surface area contributed by atoms with Crippen molar-refractivity contribution in [2.24, 2.45) is 0 Å². The maximum Gasteiger partial charge on any atom is 0.138 e. The van der Waals surface area contributed by atoms with Crippen LogP contribution in [0.3, 0.4) is 0 Å². The van der Waals surface area contributed by atoms with Crippen molar-refractivity contribution >= 4 is 0 Å². The van der Waals surface area contributed by atoms with Gasteiger partial charge in [-0.25, -0.2) is 0 Å². The van der Waals surface area contributed by atoms with Gasteiger partial charge in [0.1, 0.15) is 11.5 Å². The van der Waals surface area contributed by atoms with Crippen LogP contribution in [0.2, 0.25) is 0 Å². The molecule has 0 radical (unpaired) electrons. The molecule has 1 atom stereocenters. The molecule has 0 fully saturated rings. The number of pyridine rings is 1. The van der Waals surface area contributed by atoms with Crippen LogP contribution in [0, 0.1) is 0 Å². The lowest BCUT2D eigenvalue weighted by Gasteiger charge is -2.18. The summed E-state index contributed by atoms with van der Waals surface area (Å²) in [6.07, 6.45) is 6.35. The summed E-state index contributed by atoms with van der Waals surface area (Å²) >= 11 is 0. The van der Waals surface area contributed by atoms with E-state index in [1.165, 1.54) is 0 Å². The largest absolute Gasteiger partial charge is 0.489 e. The molecular formula is C16H22N2O2. The summed E-state index contributed by atoms with van der Waals surface area (Å²) in [5, 5.41) is 3.32. The molecule has 1 N–H and O–H groups in total. The molecule has 2 heterocycles. The first-order valence-corrected chi connectivity index (χ1v) is 7.00. The summed E-state index contributed by atoms with van der Waals surface area (Å²) < 4.78 is 11.2.